The van der Waals surface area contributed by atoms with Crippen LogP contribution < -0.4 is 11.3 Å². The maximum absolute atomic E-state index is 14.3. The standard InChI is InChI=1S/C15H16ClFN4O4/c1-3-4-15(16)10(23)9(6(2)22)25-13(15)21-5-7(17)8-11(21)19-14(18)20-12(8)24/h5-6,9-10,13,22-23H,1-2H3,(H3,18,19,20,24)/t6-,9+,10?,13+,15?/m0/s1. The van der Waals surface area contributed by atoms with E-state index in [0.29, 0.717) is 0 Å². The van der Waals surface area contributed by atoms with Gasteiger partial charge in [-0.25, -0.2) is 4.39 Å². The van der Waals surface area contributed by atoms with Gasteiger partial charge in [0.15, 0.2) is 22.6 Å². The van der Waals surface area contributed by atoms with E-state index in [-0.39, 0.29) is 17.0 Å². The molecule has 0 spiro atoms. The second kappa shape index (κ2) is 6.00. The summed E-state index contributed by atoms with van der Waals surface area (Å²) in [5.41, 5.74) is 4.67. The van der Waals surface area contributed by atoms with Crippen LogP contribution in [-0.4, -0.2) is 47.9 Å². The normalized spacial score (nSPS) is 30.2. The summed E-state index contributed by atoms with van der Waals surface area (Å²) in [4.78, 5) is 16.4. The molecule has 5 atom stereocenters. The summed E-state index contributed by atoms with van der Waals surface area (Å²) in [6.07, 6.45) is -3.74. The quantitative estimate of drug-likeness (QED) is 0.438. The fourth-order valence-electron chi connectivity index (χ4n) is 2.99. The summed E-state index contributed by atoms with van der Waals surface area (Å²) < 4.78 is 21.1. The van der Waals surface area contributed by atoms with Crippen molar-refractivity contribution < 1.29 is 19.3 Å². The molecule has 2 unspecified atom stereocenters. The second-order valence-corrected chi connectivity index (χ2v) is 6.44. The molecule has 1 fully saturated rings. The topological polar surface area (TPSA) is 126 Å². The van der Waals surface area contributed by atoms with Gasteiger partial charge in [0.2, 0.25) is 5.95 Å². The maximum atomic E-state index is 14.3. The first-order valence-electron chi connectivity index (χ1n) is 7.41. The van der Waals surface area contributed by atoms with E-state index in [1.165, 1.54) is 13.8 Å². The average Bonchev–Trinajstić information content (AvgIpc) is 2.96. The highest BCUT2D eigenvalue weighted by atomic mass is 35.5. The number of nitrogens with two attached hydrogens (primary N) is 1. The number of fused-ring (bicyclic) bond motifs is 1. The van der Waals surface area contributed by atoms with Gasteiger partial charge in [0.1, 0.15) is 17.6 Å². The SMILES string of the molecule is CC#CC1(Cl)C(O)[C@@H]([C@H](C)O)O[C@H]1n1cc(F)c2c(=O)[nH]c(N)nc21. The summed E-state index contributed by atoms with van der Waals surface area (Å²) >= 11 is 6.50. The van der Waals surface area contributed by atoms with Crippen molar-refractivity contribution in [2.24, 2.45) is 0 Å². The number of aliphatic hydroxyl groups excluding tert-OH is 2. The number of aliphatic hydroxyl groups is 2. The molecular weight excluding hydrogens is 355 g/mol. The van der Waals surface area contributed by atoms with Crippen LogP contribution in [0.1, 0.15) is 20.1 Å². The van der Waals surface area contributed by atoms with Crippen molar-refractivity contribution in [1.82, 2.24) is 14.5 Å². The fourth-order valence-corrected chi connectivity index (χ4v) is 3.36. The first-order chi connectivity index (χ1) is 11.7. The fraction of sp³-hybridized carbons (Fsp3) is 0.467. The number of nitrogens with one attached hydrogen (secondary N) is 1. The Balaban J connectivity index is 2.25. The van der Waals surface area contributed by atoms with Crippen molar-refractivity contribution in [2.75, 3.05) is 5.73 Å². The molecule has 3 heterocycles. The van der Waals surface area contributed by atoms with E-state index >= 15 is 0 Å². The monoisotopic (exact) mass is 370 g/mol. The minimum absolute atomic E-state index is 0.106. The summed E-state index contributed by atoms with van der Waals surface area (Å²) in [7, 11) is 0. The molecule has 0 aromatic carbocycles. The molecule has 25 heavy (non-hydrogen) atoms. The third-order valence-electron chi connectivity index (χ3n) is 4.09. The van der Waals surface area contributed by atoms with E-state index in [9.17, 15) is 19.4 Å². The lowest BCUT2D eigenvalue weighted by atomic mass is 9.97. The van der Waals surface area contributed by atoms with Crippen LogP contribution in [0.25, 0.3) is 11.0 Å². The Morgan fingerprint density at radius 1 is 1.64 bits per heavy atom. The van der Waals surface area contributed by atoms with Crippen LogP contribution in [0.2, 0.25) is 0 Å². The highest BCUT2D eigenvalue weighted by Crippen LogP contribution is 2.45. The number of halogens is 2. The van der Waals surface area contributed by atoms with Gasteiger partial charge in [0.25, 0.3) is 5.56 Å². The number of ether oxygens (including phenoxy) is 1. The van der Waals surface area contributed by atoms with Crippen LogP contribution in [-0.2, 0) is 4.74 Å². The van der Waals surface area contributed by atoms with Gasteiger partial charge in [-0.2, -0.15) is 4.98 Å². The second-order valence-electron chi connectivity index (χ2n) is 5.82. The zero-order valence-corrected chi connectivity index (χ0v) is 14.1. The lowest BCUT2D eigenvalue weighted by Crippen LogP contribution is -2.43. The van der Waals surface area contributed by atoms with Gasteiger partial charge >= 0.3 is 0 Å². The molecule has 2 aromatic rings. The van der Waals surface area contributed by atoms with Gasteiger partial charge in [-0.1, -0.05) is 17.5 Å². The predicted molar refractivity (Wildman–Crippen MR) is 88.4 cm³/mol. The molecule has 5 N–H and O–H groups in total. The number of aromatic nitrogens is 3. The lowest BCUT2D eigenvalue weighted by Gasteiger charge is -2.25. The van der Waals surface area contributed by atoms with E-state index in [1.807, 2.05) is 0 Å². The number of aromatic amines is 1. The molecule has 1 aliphatic heterocycles. The van der Waals surface area contributed by atoms with Crippen LogP contribution >= 0.6 is 11.6 Å². The van der Waals surface area contributed by atoms with Gasteiger partial charge < -0.3 is 20.7 Å². The number of hydrogen-bond acceptors (Lipinski definition) is 6. The Morgan fingerprint density at radius 2 is 2.32 bits per heavy atom. The van der Waals surface area contributed by atoms with Crippen LogP contribution in [0.15, 0.2) is 11.0 Å². The maximum Gasteiger partial charge on any atom is 0.264 e. The third-order valence-corrected chi connectivity index (χ3v) is 4.59. The van der Waals surface area contributed by atoms with Gasteiger partial charge in [-0.05, 0) is 13.8 Å². The van der Waals surface area contributed by atoms with Crippen molar-refractivity contribution in [1.29, 1.82) is 0 Å². The summed E-state index contributed by atoms with van der Waals surface area (Å²) in [5.74, 6) is 4.17. The molecule has 10 heteroatoms. The van der Waals surface area contributed by atoms with Gasteiger partial charge in [-0.15, -0.1) is 5.92 Å². The summed E-state index contributed by atoms with van der Waals surface area (Å²) in [6.45, 7) is 2.93. The number of anilines is 1. The third kappa shape index (κ3) is 2.58. The Kier molecular flexibility index (Phi) is 4.25. The number of nitrogen functional groups attached to an aromatic ring is 1. The molecule has 0 saturated carbocycles. The Morgan fingerprint density at radius 3 is 2.92 bits per heavy atom. The molecule has 0 aliphatic carbocycles. The van der Waals surface area contributed by atoms with Gasteiger partial charge in [-0.3, -0.25) is 14.3 Å². The zero-order valence-electron chi connectivity index (χ0n) is 13.3. The molecule has 0 radical (unpaired) electrons. The predicted octanol–water partition coefficient (Wildman–Crippen LogP) is 0.0859. The molecule has 0 amide bonds. The first-order valence-corrected chi connectivity index (χ1v) is 7.78. The van der Waals surface area contributed by atoms with Crippen LogP contribution in [0.3, 0.4) is 0 Å². The minimum atomic E-state index is -1.69. The average molecular weight is 371 g/mol. The van der Waals surface area contributed by atoms with Crippen LogP contribution in [0.5, 0.6) is 0 Å². The van der Waals surface area contributed by atoms with Gasteiger partial charge in [0.05, 0.1) is 6.10 Å². The molecule has 134 valence electrons. The van der Waals surface area contributed by atoms with E-state index in [0.717, 1.165) is 10.8 Å². The molecule has 1 aliphatic rings. The van der Waals surface area contributed by atoms with Crippen molar-refractivity contribution in [3.05, 3.63) is 22.4 Å². The molecular formula is C15H16ClFN4O4. The van der Waals surface area contributed by atoms with Crippen LogP contribution in [0.4, 0.5) is 10.3 Å². The number of H-pyrrole nitrogens is 1. The zero-order chi connectivity index (χ0) is 18.5. The van der Waals surface area contributed by atoms with E-state index < -0.39 is 40.8 Å². The molecule has 8 nitrogen and oxygen atoms in total. The number of rotatable bonds is 2. The summed E-state index contributed by atoms with van der Waals surface area (Å²) in [5, 5.41) is 20.0. The molecule has 0 bridgehead atoms. The first kappa shape index (κ1) is 17.7. The number of hydrogen-bond donors (Lipinski definition) is 4. The number of nitrogens with zero attached hydrogens (tertiary/aromatic N) is 2. The Bertz CT molecular complexity index is 947. The van der Waals surface area contributed by atoms with E-state index in [2.05, 4.69) is 21.8 Å². The van der Waals surface area contributed by atoms with Crippen LogP contribution in [0, 0.1) is 17.7 Å². The summed E-state index contributed by atoms with van der Waals surface area (Å²) in [6, 6.07) is 0. The minimum Gasteiger partial charge on any atom is -0.391 e. The smallest absolute Gasteiger partial charge is 0.264 e. The largest absolute Gasteiger partial charge is 0.391 e. The highest BCUT2D eigenvalue weighted by molar-refractivity contribution is 6.27. The Labute approximate surface area is 146 Å². The molecule has 1 saturated heterocycles. The Hall–Kier alpha value is -2.12. The van der Waals surface area contributed by atoms with Crippen molar-refractivity contribution in [3.8, 4) is 11.8 Å². The van der Waals surface area contributed by atoms with Gasteiger partial charge in [0, 0.05) is 6.20 Å². The van der Waals surface area contributed by atoms with Crippen molar-refractivity contribution in [3.63, 3.8) is 0 Å². The van der Waals surface area contributed by atoms with Crippen molar-refractivity contribution in [2.45, 2.75) is 43.3 Å². The van der Waals surface area contributed by atoms with E-state index in [1.54, 1.807) is 0 Å². The molecule has 2 aromatic heterocycles. The highest BCUT2D eigenvalue weighted by Gasteiger charge is 2.57. The van der Waals surface area contributed by atoms with Crippen molar-refractivity contribution >= 4 is 28.6 Å². The molecule has 3 rings (SSSR count). The lowest BCUT2D eigenvalue weighted by molar-refractivity contribution is -0.0752. The van der Waals surface area contributed by atoms with E-state index in [4.69, 9.17) is 22.1 Å². The number of alkyl halides is 1.